The first-order chi connectivity index (χ1) is 13.4. The lowest BCUT2D eigenvalue weighted by Crippen LogP contribution is -2.15. The predicted octanol–water partition coefficient (Wildman–Crippen LogP) is 4.04. The Morgan fingerprint density at radius 2 is 1.68 bits per heavy atom. The van der Waals surface area contributed by atoms with Crippen LogP contribution in [0.25, 0.3) is 16.9 Å². The fourth-order valence-electron chi connectivity index (χ4n) is 2.65. The first-order valence-corrected chi connectivity index (χ1v) is 8.26. The van der Waals surface area contributed by atoms with Gasteiger partial charge >= 0.3 is 11.9 Å². The van der Waals surface area contributed by atoms with Crippen LogP contribution in [0.4, 0.5) is 8.78 Å². The molecule has 0 aliphatic carbocycles. The van der Waals surface area contributed by atoms with Crippen LogP contribution in [0.5, 0.6) is 0 Å². The summed E-state index contributed by atoms with van der Waals surface area (Å²) in [7, 11) is 2.26. The van der Waals surface area contributed by atoms with E-state index in [-0.39, 0.29) is 22.5 Å². The number of rotatable bonds is 4. The van der Waals surface area contributed by atoms with Crippen molar-refractivity contribution in [3.8, 4) is 16.9 Å². The number of carbonyl (C=O) groups excluding carboxylic acids is 2. The Kier molecular flexibility index (Phi) is 5.41. The molecule has 0 saturated carbocycles. The number of nitrogens with zero attached hydrogens (tertiary/aromatic N) is 2. The van der Waals surface area contributed by atoms with Crippen molar-refractivity contribution in [2.45, 2.75) is 0 Å². The molecule has 1 aromatic heterocycles. The molecule has 0 spiro atoms. The van der Waals surface area contributed by atoms with E-state index in [4.69, 9.17) is 21.1 Å². The van der Waals surface area contributed by atoms with Gasteiger partial charge in [0, 0.05) is 5.56 Å². The number of ether oxygens (including phenoxy) is 2. The van der Waals surface area contributed by atoms with Crippen molar-refractivity contribution in [1.82, 2.24) is 9.78 Å². The predicted molar refractivity (Wildman–Crippen MR) is 96.6 cm³/mol. The third-order valence-corrected chi connectivity index (χ3v) is 4.19. The quantitative estimate of drug-likeness (QED) is 0.483. The summed E-state index contributed by atoms with van der Waals surface area (Å²) in [6, 6.07) is 10.4. The van der Waals surface area contributed by atoms with Gasteiger partial charge in [0.05, 0.1) is 24.9 Å². The van der Waals surface area contributed by atoms with Gasteiger partial charge in [-0.15, -0.1) is 0 Å². The highest BCUT2D eigenvalue weighted by atomic mass is 35.5. The summed E-state index contributed by atoms with van der Waals surface area (Å²) in [6.45, 7) is 0. The molecule has 0 unspecified atom stereocenters. The minimum atomic E-state index is -1.24. The lowest BCUT2D eigenvalue weighted by Gasteiger charge is -2.07. The van der Waals surface area contributed by atoms with Crippen LogP contribution in [-0.4, -0.2) is 35.9 Å². The van der Waals surface area contributed by atoms with Gasteiger partial charge in [0.2, 0.25) is 0 Å². The summed E-state index contributed by atoms with van der Waals surface area (Å²) in [4.78, 5) is 24.9. The van der Waals surface area contributed by atoms with E-state index in [9.17, 15) is 18.4 Å². The Hall–Kier alpha value is -3.26. The maximum absolute atomic E-state index is 13.9. The number of aromatic nitrogens is 2. The second kappa shape index (κ2) is 7.77. The van der Waals surface area contributed by atoms with E-state index in [0.29, 0.717) is 5.69 Å². The van der Waals surface area contributed by atoms with Gasteiger partial charge in [-0.3, -0.25) is 0 Å². The highest BCUT2D eigenvalue weighted by Crippen LogP contribution is 2.32. The molecule has 0 saturated heterocycles. The summed E-state index contributed by atoms with van der Waals surface area (Å²) < 4.78 is 38.2. The van der Waals surface area contributed by atoms with Gasteiger partial charge in [0.15, 0.2) is 17.3 Å². The average Bonchev–Trinajstić information content (AvgIpc) is 3.11. The molecule has 1 heterocycles. The molecular weight excluding hydrogens is 394 g/mol. The van der Waals surface area contributed by atoms with Crippen molar-refractivity contribution in [2.75, 3.05) is 14.2 Å². The molecule has 0 aliphatic heterocycles. The number of hydrogen-bond donors (Lipinski definition) is 0. The third kappa shape index (κ3) is 3.34. The fraction of sp³-hybridized carbons (Fsp3) is 0.105. The van der Waals surface area contributed by atoms with E-state index < -0.39 is 28.6 Å². The molecule has 2 aromatic carbocycles. The number of carbonyl (C=O) groups is 2. The lowest BCUT2D eigenvalue weighted by atomic mass is 10.1. The zero-order valence-electron chi connectivity index (χ0n) is 14.7. The maximum Gasteiger partial charge on any atom is 0.357 e. The minimum Gasteiger partial charge on any atom is -0.465 e. The van der Waals surface area contributed by atoms with Crippen molar-refractivity contribution >= 4 is 23.5 Å². The van der Waals surface area contributed by atoms with Gasteiger partial charge in [0.1, 0.15) is 11.3 Å². The molecule has 0 amide bonds. The van der Waals surface area contributed by atoms with Crippen molar-refractivity contribution in [2.24, 2.45) is 0 Å². The van der Waals surface area contributed by atoms with E-state index in [1.807, 2.05) is 0 Å². The van der Waals surface area contributed by atoms with Crippen LogP contribution >= 0.6 is 11.6 Å². The van der Waals surface area contributed by atoms with Crippen LogP contribution in [0, 0.1) is 11.6 Å². The highest BCUT2D eigenvalue weighted by Gasteiger charge is 2.31. The molecule has 6 nitrogen and oxygen atoms in total. The second-order valence-corrected chi connectivity index (χ2v) is 5.96. The molecule has 144 valence electrons. The van der Waals surface area contributed by atoms with E-state index in [1.54, 1.807) is 30.3 Å². The summed E-state index contributed by atoms with van der Waals surface area (Å²) in [5, 5.41) is 3.77. The molecule has 9 heteroatoms. The van der Waals surface area contributed by atoms with Gasteiger partial charge in [-0.1, -0.05) is 29.8 Å². The third-order valence-electron chi connectivity index (χ3n) is 3.91. The van der Waals surface area contributed by atoms with Crippen LogP contribution in [0.2, 0.25) is 5.02 Å². The first-order valence-electron chi connectivity index (χ1n) is 7.89. The summed E-state index contributed by atoms with van der Waals surface area (Å²) >= 11 is 5.73. The van der Waals surface area contributed by atoms with Gasteiger partial charge < -0.3 is 9.47 Å². The zero-order valence-corrected chi connectivity index (χ0v) is 15.5. The number of benzene rings is 2. The number of para-hydroxylation sites is 1. The molecule has 0 atom stereocenters. The van der Waals surface area contributed by atoms with Crippen LogP contribution in [-0.2, 0) is 9.47 Å². The molecule has 0 bridgehead atoms. The molecule has 28 heavy (non-hydrogen) atoms. The Morgan fingerprint density at radius 3 is 2.25 bits per heavy atom. The number of hydrogen-bond acceptors (Lipinski definition) is 5. The monoisotopic (exact) mass is 406 g/mol. The summed E-state index contributed by atoms with van der Waals surface area (Å²) in [6.07, 6.45) is 0. The van der Waals surface area contributed by atoms with Crippen LogP contribution < -0.4 is 0 Å². The molecule has 3 aromatic rings. The van der Waals surface area contributed by atoms with Crippen molar-refractivity contribution in [3.63, 3.8) is 0 Å². The molecule has 0 radical (unpaired) electrons. The Bertz CT molecular complexity index is 1040. The molecular formula is C19H13ClF2N2O4. The fourth-order valence-corrected chi connectivity index (χ4v) is 2.86. The Balaban J connectivity index is 2.38. The smallest absolute Gasteiger partial charge is 0.357 e. The van der Waals surface area contributed by atoms with Gasteiger partial charge in [0.25, 0.3) is 0 Å². The summed E-state index contributed by atoms with van der Waals surface area (Å²) in [5.41, 5.74) is -0.175. The van der Waals surface area contributed by atoms with Crippen molar-refractivity contribution in [1.29, 1.82) is 0 Å². The van der Waals surface area contributed by atoms with Crippen LogP contribution in [0.1, 0.15) is 20.8 Å². The molecule has 0 fully saturated rings. The van der Waals surface area contributed by atoms with E-state index in [1.165, 1.54) is 4.68 Å². The van der Waals surface area contributed by atoms with E-state index in [2.05, 4.69) is 5.10 Å². The van der Waals surface area contributed by atoms with Crippen molar-refractivity contribution < 1.29 is 27.8 Å². The van der Waals surface area contributed by atoms with Gasteiger partial charge in [-0.2, -0.15) is 5.10 Å². The lowest BCUT2D eigenvalue weighted by molar-refractivity contribution is 0.0549. The minimum absolute atomic E-state index is 0.0101. The largest absolute Gasteiger partial charge is 0.465 e. The normalized spacial score (nSPS) is 10.6. The molecule has 3 rings (SSSR count). The van der Waals surface area contributed by atoms with Gasteiger partial charge in [-0.05, 0) is 24.3 Å². The number of halogens is 3. The SMILES string of the molecule is COC(=O)c1c(-c2cc(F)c(F)c(Cl)c2)nn(-c2ccccc2)c1C(=O)OC. The number of esters is 2. The van der Waals surface area contributed by atoms with Crippen LogP contribution in [0.15, 0.2) is 42.5 Å². The molecule has 0 N–H and O–H groups in total. The second-order valence-electron chi connectivity index (χ2n) is 5.56. The first kappa shape index (κ1) is 19.5. The standard InChI is InChI=1S/C19H13ClF2N2O4/c1-27-18(25)14-16(10-8-12(20)15(22)13(21)9-10)23-24(17(14)19(26)28-2)11-6-4-3-5-7-11/h3-9H,1-2H3. The number of methoxy groups -OCH3 is 2. The topological polar surface area (TPSA) is 70.4 Å². The average molecular weight is 407 g/mol. The highest BCUT2D eigenvalue weighted by molar-refractivity contribution is 6.31. The zero-order chi connectivity index (χ0) is 20.4. The Labute approximate surface area is 163 Å². The summed E-state index contributed by atoms with van der Waals surface area (Å²) in [5.74, 6) is -4.23. The van der Waals surface area contributed by atoms with Crippen LogP contribution in [0.3, 0.4) is 0 Å². The van der Waals surface area contributed by atoms with E-state index in [0.717, 1.165) is 26.4 Å². The van der Waals surface area contributed by atoms with E-state index >= 15 is 0 Å². The van der Waals surface area contributed by atoms with Gasteiger partial charge in [-0.25, -0.2) is 23.1 Å². The van der Waals surface area contributed by atoms with Crippen molar-refractivity contribution in [3.05, 3.63) is 70.4 Å². The maximum atomic E-state index is 13.9. The Morgan fingerprint density at radius 1 is 1.04 bits per heavy atom. The molecule has 0 aliphatic rings.